The van der Waals surface area contributed by atoms with Gasteiger partial charge in [-0.25, -0.2) is 0 Å². The third-order valence-electron chi connectivity index (χ3n) is 11.2. The van der Waals surface area contributed by atoms with Crippen LogP contribution in [0.25, 0.3) is 11.1 Å². The van der Waals surface area contributed by atoms with E-state index in [1.165, 1.54) is 0 Å². The molecule has 0 saturated heterocycles. The zero-order valence-corrected chi connectivity index (χ0v) is 46.8. The maximum Gasteiger partial charge on any atom is 0.530 e. The summed E-state index contributed by atoms with van der Waals surface area (Å²) < 4.78 is 49.2. The molecule has 368 valence electrons. The number of aryl methyl sites for hydroxylation is 8. The number of ether oxygens (including phenoxy) is 1. The van der Waals surface area contributed by atoms with Gasteiger partial charge < -0.3 is 31.9 Å². The lowest BCUT2D eigenvalue weighted by Crippen LogP contribution is -2.24. The zero-order valence-electron chi connectivity index (χ0n) is 45.0. The van der Waals surface area contributed by atoms with Crippen LogP contribution in [0.3, 0.4) is 0 Å². The van der Waals surface area contributed by atoms with Crippen LogP contribution >= 0.6 is 17.2 Å². The second-order valence-electron chi connectivity index (χ2n) is 23.0. The Morgan fingerprint density at radius 1 is 0.290 bits per heavy atom. The normalized spacial score (nSPS) is 12.3. The topological polar surface area (TPSA) is 64.6 Å². The lowest BCUT2D eigenvalue weighted by atomic mass is 9.77. The van der Waals surface area contributed by atoms with Crippen molar-refractivity contribution in [1.29, 1.82) is 0 Å². The van der Waals surface area contributed by atoms with Crippen molar-refractivity contribution in [3.63, 3.8) is 0 Å². The van der Waals surface area contributed by atoms with Gasteiger partial charge in [-0.15, -0.1) is 0 Å². The Labute approximate surface area is 417 Å². The van der Waals surface area contributed by atoms with Crippen LogP contribution in [0.15, 0.2) is 97.1 Å². The molecular weight excluding hydrogens is 895 g/mol. The maximum absolute atomic E-state index is 7.43. The first-order chi connectivity index (χ1) is 31.9. The molecule has 6 aromatic carbocycles. The molecule has 0 unspecified atom stereocenters. The molecule has 0 heterocycles. The summed E-state index contributed by atoms with van der Waals surface area (Å²) >= 11 is 0. The number of benzene rings is 6. The Morgan fingerprint density at radius 2 is 0.580 bits per heavy atom. The van der Waals surface area contributed by atoms with E-state index in [0.717, 1.165) is 72.3 Å². The monoisotopic (exact) mass is 971 g/mol. The molecule has 0 radical (unpaired) electrons. The van der Waals surface area contributed by atoms with Gasteiger partial charge in [0.25, 0.3) is 0 Å². The molecule has 69 heavy (non-hydrogen) atoms. The lowest BCUT2D eigenvalue weighted by molar-refractivity contribution is 0.130. The number of rotatable bonds is 14. The molecule has 7 nitrogen and oxygen atoms in total. The van der Waals surface area contributed by atoms with Crippen molar-refractivity contribution < 1.29 is 31.9 Å². The highest BCUT2D eigenvalue weighted by molar-refractivity contribution is 7.43. The van der Waals surface area contributed by atoms with Crippen molar-refractivity contribution in [3.8, 4) is 51.4 Å². The molecule has 0 aliphatic carbocycles. The molecule has 0 spiro atoms. The van der Waals surface area contributed by atoms with Crippen molar-refractivity contribution >= 4 is 17.2 Å². The van der Waals surface area contributed by atoms with Crippen LogP contribution in [0, 0.1) is 55.4 Å². The average Bonchev–Trinajstić information content (AvgIpc) is 3.15. The molecule has 0 saturated carbocycles. The quantitative estimate of drug-likeness (QED) is 0.101. The van der Waals surface area contributed by atoms with Crippen LogP contribution in [-0.2, 0) is 16.2 Å². The Bertz CT molecular complexity index is 2610. The summed E-state index contributed by atoms with van der Waals surface area (Å²) in [6, 6.07) is 33.4. The fraction of sp³-hybridized carbons (Fsp3) is 0.400. The minimum atomic E-state index is -2.14. The molecule has 0 aliphatic rings. The number of hydrogen-bond donors (Lipinski definition) is 0. The van der Waals surface area contributed by atoms with E-state index in [-0.39, 0.29) is 5.41 Å². The van der Waals surface area contributed by atoms with Gasteiger partial charge in [0.05, 0.1) is 0 Å². The van der Waals surface area contributed by atoms with Gasteiger partial charge in [0, 0.05) is 22.3 Å². The zero-order chi connectivity index (χ0) is 51.0. The van der Waals surface area contributed by atoms with Crippen molar-refractivity contribution in [2.45, 2.75) is 160 Å². The van der Waals surface area contributed by atoms with Crippen LogP contribution in [0.5, 0.6) is 40.2 Å². The molecule has 0 bridgehead atoms. The third-order valence-corrected chi connectivity index (χ3v) is 13.3. The first-order valence-electron chi connectivity index (χ1n) is 24.0. The SMILES string of the molecule is Cc1cc(C)cc(OP(Oc2cc(C)cc(C)c2)Oc2c(-c3cc(C(C)(C)C)cc(C(C)(C)C)c3OP(Oc3cc(C)cc(C)c3)Oc3cc(C)cc(C)c3)cc(OC(C)(C)C)cc2C(C)(C)C)c1. The van der Waals surface area contributed by atoms with Crippen molar-refractivity contribution in [3.05, 3.63) is 158 Å². The largest absolute Gasteiger partial charge is 0.530 e. The molecule has 0 fully saturated rings. The van der Waals surface area contributed by atoms with Crippen molar-refractivity contribution in [2.75, 3.05) is 0 Å². The first-order valence-corrected chi connectivity index (χ1v) is 26.2. The fourth-order valence-electron chi connectivity index (χ4n) is 8.34. The highest BCUT2D eigenvalue weighted by Crippen LogP contribution is 2.56. The Balaban J connectivity index is 1.70. The average molecular weight is 971 g/mol. The molecule has 0 N–H and O–H groups in total. The van der Waals surface area contributed by atoms with Crippen molar-refractivity contribution in [1.82, 2.24) is 0 Å². The minimum absolute atomic E-state index is 0.262. The van der Waals surface area contributed by atoms with E-state index in [1.807, 2.05) is 48.5 Å². The number of hydrogen-bond acceptors (Lipinski definition) is 7. The van der Waals surface area contributed by atoms with Gasteiger partial charge in [-0.05, 0) is 209 Å². The second-order valence-corrected chi connectivity index (χ2v) is 25.0. The summed E-state index contributed by atoms with van der Waals surface area (Å²) in [5.74, 6) is 4.52. The van der Waals surface area contributed by atoms with Crippen LogP contribution in [0.1, 0.15) is 144 Å². The van der Waals surface area contributed by atoms with E-state index in [1.54, 1.807) is 0 Å². The van der Waals surface area contributed by atoms with E-state index in [0.29, 0.717) is 40.2 Å². The van der Waals surface area contributed by atoms with E-state index in [4.69, 9.17) is 31.9 Å². The van der Waals surface area contributed by atoms with E-state index >= 15 is 0 Å². The van der Waals surface area contributed by atoms with Gasteiger partial charge in [-0.1, -0.05) is 92.6 Å². The highest BCUT2D eigenvalue weighted by atomic mass is 31.2. The van der Waals surface area contributed by atoms with Crippen LogP contribution in [0.4, 0.5) is 0 Å². The molecule has 9 heteroatoms. The summed E-state index contributed by atoms with van der Waals surface area (Å²) in [6.07, 6.45) is 0. The predicted molar refractivity (Wildman–Crippen MR) is 290 cm³/mol. The van der Waals surface area contributed by atoms with Gasteiger partial charge in [-0.3, -0.25) is 0 Å². The molecule has 0 aliphatic heterocycles. The third kappa shape index (κ3) is 14.7. The molecular formula is C60H76O7P2. The summed E-state index contributed by atoms with van der Waals surface area (Å²) in [4.78, 5) is 0. The molecule has 0 amide bonds. The summed E-state index contributed by atoms with van der Waals surface area (Å²) in [5, 5.41) is 0. The van der Waals surface area contributed by atoms with Crippen molar-refractivity contribution in [2.24, 2.45) is 0 Å². The Hall–Kier alpha value is -5.22. The van der Waals surface area contributed by atoms with Gasteiger partial charge in [0.15, 0.2) is 0 Å². The van der Waals surface area contributed by atoms with Gasteiger partial charge in [0.2, 0.25) is 0 Å². The van der Waals surface area contributed by atoms with Gasteiger partial charge in [-0.2, -0.15) is 0 Å². The lowest BCUT2D eigenvalue weighted by Gasteiger charge is -2.32. The summed E-state index contributed by atoms with van der Waals surface area (Å²) in [7, 11) is -4.27. The highest BCUT2D eigenvalue weighted by Gasteiger charge is 2.36. The molecule has 0 aromatic heterocycles. The van der Waals surface area contributed by atoms with Crippen LogP contribution < -0.4 is 31.9 Å². The Morgan fingerprint density at radius 3 is 0.855 bits per heavy atom. The molecule has 6 rings (SSSR count). The Kier molecular flexibility index (Phi) is 15.9. The van der Waals surface area contributed by atoms with Crippen LogP contribution in [0.2, 0.25) is 0 Å². The molecule has 0 atom stereocenters. The maximum atomic E-state index is 7.43. The minimum Gasteiger partial charge on any atom is -0.488 e. The van der Waals surface area contributed by atoms with Gasteiger partial charge >= 0.3 is 17.2 Å². The first kappa shape index (κ1) is 53.1. The van der Waals surface area contributed by atoms with E-state index in [9.17, 15) is 0 Å². The van der Waals surface area contributed by atoms with Crippen LogP contribution in [-0.4, -0.2) is 5.60 Å². The summed E-state index contributed by atoms with van der Waals surface area (Å²) in [6.45, 7) is 42.7. The predicted octanol–water partition coefficient (Wildman–Crippen LogP) is 18.4. The molecule has 6 aromatic rings. The van der Waals surface area contributed by atoms with E-state index < -0.39 is 33.6 Å². The fourth-order valence-corrected chi connectivity index (χ4v) is 10.4. The van der Waals surface area contributed by atoms with E-state index in [2.05, 4.69) is 187 Å². The summed E-state index contributed by atoms with van der Waals surface area (Å²) in [5.41, 5.74) is 11.5. The van der Waals surface area contributed by atoms with Gasteiger partial charge in [0.1, 0.15) is 45.8 Å². The standard InChI is InChI=1S/C60H76O7P2/c1-37-21-38(2)26-47(25-37)62-68(63-48-27-39(3)22-40(4)28-48)66-55-51(33-45(57(9,10)11)34-53(55)58(12,13)14)52-35-46(61-60(18,19)20)36-54(59(15,16)17)56(52)67-69(64-49-29-41(5)23-42(6)30-49)65-50-31-43(7)24-44(8)32-50/h21-36H,1-20H3. The smallest absolute Gasteiger partial charge is 0.488 e. The second kappa shape index (κ2) is 20.6.